The first-order chi connectivity index (χ1) is 11.8. The lowest BCUT2D eigenvalue weighted by Gasteiger charge is -2.37. The molecular formula is C17H27N5O2. The lowest BCUT2D eigenvalue weighted by atomic mass is 9.98. The van der Waals surface area contributed by atoms with Crippen molar-refractivity contribution in [2.24, 2.45) is 0 Å². The molecule has 0 bridgehead atoms. The molecule has 132 valence electrons. The molecule has 0 unspecified atom stereocenters. The fourth-order valence-electron chi connectivity index (χ4n) is 3.46. The second-order valence-electron chi connectivity index (χ2n) is 6.44. The minimum atomic E-state index is 0.0596. The van der Waals surface area contributed by atoms with Gasteiger partial charge >= 0.3 is 0 Å². The molecule has 0 spiro atoms. The van der Waals surface area contributed by atoms with Gasteiger partial charge in [-0.1, -0.05) is 0 Å². The summed E-state index contributed by atoms with van der Waals surface area (Å²) >= 11 is 0. The molecule has 24 heavy (non-hydrogen) atoms. The summed E-state index contributed by atoms with van der Waals surface area (Å²) in [7, 11) is 1.77. The third-order valence-electron chi connectivity index (χ3n) is 4.89. The number of hydrogen-bond acceptors (Lipinski definition) is 6. The number of morpholine rings is 1. The molecule has 0 saturated carbocycles. The fraction of sp³-hybridized carbons (Fsp3) is 0.706. The Morgan fingerprint density at radius 3 is 2.71 bits per heavy atom. The summed E-state index contributed by atoms with van der Waals surface area (Å²) in [4.78, 5) is 25.6. The van der Waals surface area contributed by atoms with Crippen LogP contribution in [-0.2, 0) is 4.74 Å². The van der Waals surface area contributed by atoms with E-state index in [1.807, 2.05) is 4.90 Å². The first kappa shape index (κ1) is 17.1. The van der Waals surface area contributed by atoms with E-state index in [0.717, 1.165) is 58.7 Å². The second-order valence-corrected chi connectivity index (χ2v) is 6.44. The van der Waals surface area contributed by atoms with Crippen LogP contribution in [0.3, 0.4) is 0 Å². The molecule has 2 aliphatic rings. The van der Waals surface area contributed by atoms with E-state index < -0.39 is 0 Å². The largest absolute Gasteiger partial charge is 0.379 e. The minimum absolute atomic E-state index is 0.0596. The zero-order valence-electron chi connectivity index (χ0n) is 14.4. The number of likely N-dealkylation sites (tertiary alicyclic amines) is 1. The normalized spacial score (nSPS) is 22.4. The molecule has 1 atom stereocenters. The standard InChI is InChI=1S/C17H27N5O2/c1-18-17-19-12-14(13-20-17)16(23)22-6-3-2-4-15(22)5-7-21-8-10-24-11-9-21/h12-13,15H,2-11H2,1H3,(H,18,19,20)/t15-/m0/s1. The number of anilines is 1. The van der Waals surface area contributed by atoms with Crippen molar-refractivity contribution in [1.29, 1.82) is 0 Å². The second kappa shape index (κ2) is 8.39. The third-order valence-corrected chi connectivity index (χ3v) is 4.89. The summed E-state index contributed by atoms with van der Waals surface area (Å²) in [6.07, 6.45) is 7.64. The fourth-order valence-corrected chi connectivity index (χ4v) is 3.46. The van der Waals surface area contributed by atoms with E-state index >= 15 is 0 Å². The Kier molecular flexibility index (Phi) is 5.98. The van der Waals surface area contributed by atoms with Crippen LogP contribution in [0.4, 0.5) is 5.95 Å². The van der Waals surface area contributed by atoms with Crippen LogP contribution >= 0.6 is 0 Å². The Morgan fingerprint density at radius 1 is 1.25 bits per heavy atom. The van der Waals surface area contributed by atoms with Crippen molar-refractivity contribution in [3.63, 3.8) is 0 Å². The van der Waals surface area contributed by atoms with Gasteiger partial charge in [0, 0.05) is 51.7 Å². The van der Waals surface area contributed by atoms with Crippen molar-refractivity contribution in [2.45, 2.75) is 31.7 Å². The molecule has 7 heteroatoms. The molecular weight excluding hydrogens is 306 g/mol. The van der Waals surface area contributed by atoms with Crippen LogP contribution in [-0.4, -0.2) is 78.2 Å². The van der Waals surface area contributed by atoms with Crippen LogP contribution in [0.15, 0.2) is 12.4 Å². The number of piperidine rings is 1. The first-order valence-electron chi connectivity index (χ1n) is 8.89. The monoisotopic (exact) mass is 333 g/mol. The van der Waals surface area contributed by atoms with Gasteiger partial charge in [0.25, 0.3) is 5.91 Å². The van der Waals surface area contributed by atoms with E-state index in [9.17, 15) is 4.79 Å². The molecule has 7 nitrogen and oxygen atoms in total. The van der Waals surface area contributed by atoms with Crippen molar-refractivity contribution in [3.05, 3.63) is 18.0 Å². The molecule has 1 aromatic heterocycles. The van der Waals surface area contributed by atoms with Gasteiger partial charge in [0.05, 0.1) is 18.8 Å². The SMILES string of the molecule is CNc1ncc(C(=O)N2CCCC[C@H]2CCN2CCOCC2)cn1. The van der Waals surface area contributed by atoms with Crippen molar-refractivity contribution >= 4 is 11.9 Å². The van der Waals surface area contributed by atoms with Crippen LogP contribution in [0.1, 0.15) is 36.0 Å². The van der Waals surface area contributed by atoms with E-state index in [-0.39, 0.29) is 5.91 Å². The number of carbonyl (C=O) groups excluding carboxylic acids is 1. The lowest BCUT2D eigenvalue weighted by molar-refractivity contribution is 0.0295. The lowest BCUT2D eigenvalue weighted by Crippen LogP contribution is -2.46. The summed E-state index contributed by atoms with van der Waals surface area (Å²) in [5, 5.41) is 2.88. The number of ether oxygens (including phenoxy) is 1. The Labute approximate surface area is 143 Å². The maximum Gasteiger partial charge on any atom is 0.257 e. The molecule has 1 aromatic rings. The van der Waals surface area contributed by atoms with Gasteiger partial charge in [0.2, 0.25) is 5.95 Å². The van der Waals surface area contributed by atoms with Crippen LogP contribution in [0.2, 0.25) is 0 Å². The van der Waals surface area contributed by atoms with Crippen molar-refractivity contribution < 1.29 is 9.53 Å². The molecule has 1 amide bonds. The molecule has 2 fully saturated rings. The van der Waals surface area contributed by atoms with Gasteiger partial charge in [-0.3, -0.25) is 9.69 Å². The third kappa shape index (κ3) is 4.21. The number of carbonyl (C=O) groups is 1. The minimum Gasteiger partial charge on any atom is -0.379 e. The van der Waals surface area contributed by atoms with Gasteiger partial charge in [0.1, 0.15) is 0 Å². The summed E-state index contributed by atoms with van der Waals surface area (Å²) < 4.78 is 5.40. The number of amides is 1. The Bertz CT molecular complexity index is 530. The quantitative estimate of drug-likeness (QED) is 0.874. The van der Waals surface area contributed by atoms with Crippen LogP contribution in [0, 0.1) is 0 Å². The zero-order valence-corrected chi connectivity index (χ0v) is 14.4. The molecule has 0 radical (unpaired) electrons. The van der Waals surface area contributed by atoms with E-state index in [1.54, 1.807) is 19.4 Å². The van der Waals surface area contributed by atoms with E-state index in [4.69, 9.17) is 4.74 Å². The van der Waals surface area contributed by atoms with Crippen LogP contribution in [0.5, 0.6) is 0 Å². The molecule has 0 aliphatic carbocycles. The number of hydrogen-bond donors (Lipinski definition) is 1. The van der Waals surface area contributed by atoms with Gasteiger partial charge in [-0.05, 0) is 25.7 Å². The van der Waals surface area contributed by atoms with Crippen LogP contribution in [0.25, 0.3) is 0 Å². The van der Waals surface area contributed by atoms with Crippen molar-refractivity contribution in [3.8, 4) is 0 Å². The molecule has 3 rings (SSSR count). The molecule has 3 heterocycles. The van der Waals surface area contributed by atoms with Crippen molar-refractivity contribution in [1.82, 2.24) is 19.8 Å². The summed E-state index contributed by atoms with van der Waals surface area (Å²) in [6.45, 7) is 5.51. The highest BCUT2D eigenvalue weighted by Crippen LogP contribution is 2.22. The van der Waals surface area contributed by atoms with E-state index in [1.165, 1.54) is 6.42 Å². The number of nitrogens with one attached hydrogen (secondary N) is 1. The van der Waals surface area contributed by atoms with E-state index in [2.05, 4.69) is 20.2 Å². The summed E-state index contributed by atoms with van der Waals surface area (Å²) in [5.74, 6) is 0.596. The summed E-state index contributed by atoms with van der Waals surface area (Å²) in [5.41, 5.74) is 0.576. The average Bonchev–Trinajstić information content (AvgIpc) is 2.67. The summed E-state index contributed by atoms with van der Waals surface area (Å²) in [6, 6.07) is 0.318. The van der Waals surface area contributed by atoms with E-state index in [0.29, 0.717) is 17.6 Å². The predicted octanol–water partition coefficient (Wildman–Crippen LogP) is 1.24. The smallest absolute Gasteiger partial charge is 0.257 e. The van der Waals surface area contributed by atoms with Gasteiger partial charge in [-0.2, -0.15) is 0 Å². The highest BCUT2D eigenvalue weighted by molar-refractivity contribution is 5.94. The number of rotatable bonds is 5. The van der Waals surface area contributed by atoms with Gasteiger partial charge < -0.3 is 15.0 Å². The Morgan fingerprint density at radius 2 is 2.00 bits per heavy atom. The molecule has 2 aliphatic heterocycles. The molecule has 1 N–H and O–H groups in total. The Hall–Kier alpha value is -1.73. The van der Waals surface area contributed by atoms with Gasteiger partial charge in [0.15, 0.2) is 0 Å². The predicted molar refractivity (Wildman–Crippen MR) is 92.1 cm³/mol. The van der Waals surface area contributed by atoms with Crippen molar-refractivity contribution in [2.75, 3.05) is 51.8 Å². The molecule has 0 aromatic carbocycles. The number of nitrogens with zero attached hydrogens (tertiary/aromatic N) is 4. The first-order valence-corrected chi connectivity index (χ1v) is 8.89. The molecule has 2 saturated heterocycles. The average molecular weight is 333 g/mol. The Balaban J connectivity index is 1.60. The maximum atomic E-state index is 12.9. The number of aromatic nitrogens is 2. The topological polar surface area (TPSA) is 70.6 Å². The maximum absolute atomic E-state index is 12.9. The van der Waals surface area contributed by atoms with Gasteiger partial charge in [-0.15, -0.1) is 0 Å². The highest BCUT2D eigenvalue weighted by atomic mass is 16.5. The van der Waals surface area contributed by atoms with Crippen LogP contribution < -0.4 is 5.32 Å². The highest BCUT2D eigenvalue weighted by Gasteiger charge is 2.28. The van der Waals surface area contributed by atoms with Gasteiger partial charge in [-0.25, -0.2) is 9.97 Å². The zero-order chi connectivity index (χ0) is 16.8.